The van der Waals surface area contributed by atoms with Crippen LogP contribution < -0.4 is 4.72 Å². The van der Waals surface area contributed by atoms with Crippen molar-refractivity contribution in [2.75, 3.05) is 11.3 Å². The third kappa shape index (κ3) is 4.14. The van der Waals surface area contributed by atoms with E-state index in [1.807, 2.05) is 20.8 Å². The van der Waals surface area contributed by atoms with Gasteiger partial charge in [-0.25, -0.2) is 9.00 Å². The second-order valence-electron chi connectivity index (χ2n) is 4.78. The van der Waals surface area contributed by atoms with Crippen molar-refractivity contribution in [1.82, 2.24) is 0 Å². The summed E-state index contributed by atoms with van der Waals surface area (Å²) < 4.78 is 19.3. The predicted molar refractivity (Wildman–Crippen MR) is 73.9 cm³/mol. The highest BCUT2D eigenvalue weighted by atomic mass is 32.2. The lowest BCUT2D eigenvalue weighted by atomic mass is 10.2. The molecule has 4 nitrogen and oxygen atoms in total. The van der Waals surface area contributed by atoms with Crippen molar-refractivity contribution in [1.29, 1.82) is 0 Å². The Morgan fingerprint density at radius 1 is 1.28 bits per heavy atom. The summed E-state index contributed by atoms with van der Waals surface area (Å²) in [6.45, 7) is 7.79. The topological polar surface area (TPSA) is 55.4 Å². The number of ether oxygens (including phenoxy) is 1. The number of anilines is 1. The summed E-state index contributed by atoms with van der Waals surface area (Å²) >= 11 is 0. The number of hydrogen-bond acceptors (Lipinski definition) is 3. The first-order valence-electron chi connectivity index (χ1n) is 5.80. The Labute approximate surface area is 110 Å². The summed E-state index contributed by atoms with van der Waals surface area (Å²) in [4.78, 5) is 11.4. The van der Waals surface area contributed by atoms with Crippen LogP contribution in [0.3, 0.4) is 0 Å². The predicted octanol–water partition coefficient (Wildman–Crippen LogP) is 2.74. The molecular formula is C13H19NO3S. The summed E-state index contributed by atoms with van der Waals surface area (Å²) in [7, 11) is -1.18. The SMILES string of the molecule is CCOC(=O)c1ccc(NS(=O)C(C)(C)C)cc1. The highest BCUT2D eigenvalue weighted by molar-refractivity contribution is 7.87. The number of esters is 1. The van der Waals surface area contributed by atoms with Gasteiger partial charge in [0.1, 0.15) is 11.0 Å². The van der Waals surface area contributed by atoms with Gasteiger partial charge in [-0.15, -0.1) is 0 Å². The molecule has 0 amide bonds. The maximum absolute atomic E-state index is 11.9. The zero-order chi connectivity index (χ0) is 13.8. The van der Waals surface area contributed by atoms with Crippen LogP contribution >= 0.6 is 0 Å². The number of hydrogen-bond donors (Lipinski definition) is 1. The zero-order valence-corrected chi connectivity index (χ0v) is 12.0. The molecule has 0 saturated carbocycles. The van der Waals surface area contributed by atoms with Gasteiger partial charge in [-0.2, -0.15) is 0 Å². The zero-order valence-electron chi connectivity index (χ0n) is 11.1. The van der Waals surface area contributed by atoms with Gasteiger partial charge in [-0.3, -0.25) is 0 Å². The Bertz CT molecular complexity index is 435. The van der Waals surface area contributed by atoms with Crippen molar-refractivity contribution in [3.8, 4) is 0 Å². The first kappa shape index (κ1) is 14.7. The first-order chi connectivity index (χ1) is 8.34. The minimum absolute atomic E-state index is 0.334. The molecule has 5 heteroatoms. The Hall–Kier alpha value is -1.36. The Balaban J connectivity index is 2.72. The number of rotatable bonds is 4. The molecule has 0 aliphatic rings. The molecule has 100 valence electrons. The normalized spacial score (nSPS) is 12.9. The smallest absolute Gasteiger partial charge is 0.338 e. The fourth-order valence-electron chi connectivity index (χ4n) is 1.15. The van der Waals surface area contributed by atoms with Gasteiger partial charge in [0.2, 0.25) is 0 Å². The van der Waals surface area contributed by atoms with Crippen molar-refractivity contribution < 1.29 is 13.7 Å². The van der Waals surface area contributed by atoms with Gasteiger partial charge in [0, 0.05) is 5.69 Å². The fraction of sp³-hybridized carbons (Fsp3) is 0.462. The van der Waals surface area contributed by atoms with Crippen LogP contribution in [-0.4, -0.2) is 21.5 Å². The van der Waals surface area contributed by atoms with E-state index in [4.69, 9.17) is 4.74 Å². The minimum atomic E-state index is -1.18. The number of benzene rings is 1. The third-order valence-electron chi connectivity index (χ3n) is 2.16. The molecule has 1 aromatic rings. The molecule has 0 radical (unpaired) electrons. The van der Waals surface area contributed by atoms with Crippen LogP contribution in [0.25, 0.3) is 0 Å². The fourth-order valence-corrected chi connectivity index (χ4v) is 1.81. The third-order valence-corrected chi connectivity index (χ3v) is 3.70. The minimum Gasteiger partial charge on any atom is -0.462 e. The number of carbonyl (C=O) groups is 1. The molecule has 0 spiro atoms. The van der Waals surface area contributed by atoms with Crippen molar-refractivity contribution in [3.63, 3.8) is 0 Å². The van der Waals surface area contributed by atoms with E-state index in [1.54, 1.807) is 31.2 Å². The lowest BCUT2D eigenvalue weighted by molar-refractivity contribution is 0.0526. The lowest BCUT2D eigenvalue weighted by Gasteiger charge is -2.18. The number of nitrogens with one attached hydrogen (secondary N) is 1. The van der Waals surface area contributed by atoms with Crippen molar-refractivity contribution in [2.45, 2.75) is 32.4 Å². The molecule has 18 heavy (non-hydrogen) atoms. The van der Waals surface area contributed by atoms with E-state index < -0.39 is 11.0 Å². The largest absolute Gasteiger partial charge is 0.462 e. The summed E-state index contributed by atoms with van der Waals surface area (Å²) in [5.74, 6) is -0.346. The average molecular weight is 269 g/mol. The molecule has 0 bridgehead atoms. The monoisotopic (exact) mass is 269 g/mol. The second kappa shape index (κ2) is 6.00. The summed E-state index contributed by atoms with van der Waals surface area (Å²) in [6, 6.07) is 6.74. The van der Waals surface area contributed by atoms with E-state index in [1.165, 1.54) is 0 Å². The standard InChI is InChI=1S/C13H19NO3S/c1-5-17-12(15)10-6-8-11(9-7-10)14-18(16)13(2,3)4/h6-9,14H,5H2,1-4H3. The van der Waals surface area contributed by atoms with Crippen LogP contribution in [0.1, 0.15) is 38.1 Å². The average Bonchev–Trinajstić information content (AvgIpc) is 2.29. The molecule has 0 aliphatic carbocycles. The van der Waals surface area contributed by atoms with Gasteiger partial charge in [0.05, 0.1) is 16.9 Å². The van der Waals surface area contributed by atoms with Gasteiger partial charge in [-0.05, 0) is 52.0 Å². The van der Waals surface area contributed by atoms with E-state index in [0.717, 1.165) is 5.69 Å². The molecule has 0 aromatic heterocycles. The quantitative estimate of drug-likeness (QED) is 0.855. The van der Waals surface area contributed by atoms with E-state index in [2.05, 4.69) is 4.72 Å². The van der Waals surface area contributed by atoms with Crippen molar-refractivity contribution in [3.05, 3.63) is 29.8 Å². The van der Waals surface area contributed by atoms with E-state index in [-0.39, 0.29) is 10.7 Å². The van der Waals surface area contributed by atoms with Crippen molar-refractivity contribution >= 4 is 22.6 Å². The van der Waals surface area contributed by atoms with Gasteiger partial charge in [0.15, 0.2) is 0 Å². The molecule has 0 aliphatic heterocycles. The van der Waals surface area contributed by atoms with Crippen LogP contribution in [0.5, 0.6) is 0 Å². The maximum atomic E-state index is 11.9. The molecule has 0 saturated heterocycles. The van der Waals surface area contributed by atoms with E-state index >= 15 is 0 Å². The van der Waals surface area contributed by atoms with Gasteiger partial charge in [-0.1, -0.05) is 0 Å². The van der Waals surface area contributed by atoms with Gasteiger partial charge in [0.25, 0.3) is 0 Å². The Morgan fingerprint density at radius 2 is 1.83 bits per heavy atom. The first-order valence-corrected chi connectivity index (χ1v) is 6.95. The molecule has 0 heterocycles. The van der Waals surface area contributed by atoms with Crippen LogP contribution in [0.2, 0.25) is 0 Å². The molecule has 1 unspecified atom stereocenters. The highest BCUT2D eigenvalue weighted by Gasteiger charge is 2.19. The van der Waals surface area contributed by atoms with Crippen LogP contribution in [0.4, 0.5) is 5.69 Å². The second-order valence-corrected chi connectivity index (χ2v) is 6.75. The van der Waals surface area contributed by atoms with Gasteiger partial charge < -0.3 is 9.46 Å². The molecular weight excluding hydrogens is 250 g/mol. The lowest BCUT2D eigenvalue weighted by Crippen LogP contribution is -2.27. The highest BCUT2D eigenvalue weighted by Crippen LogP contribution is 2.16. The maximum Gasteiger partial charge on any atom is 0.338 e. The molecule has 1 atom stereocenters. The van der Waals surface area contributed by atoms with Crippen LogP contribution in [0, 0.1) is 0 Å². The molecule has 1 rings (SSSR count). The number of carbonyl (C=O) groups excluding carboxylic acids is 1. The molecule has 1 aromatic carbocycles. The Kier molecular flexibility index (Phi) is 4.90. The van der Waals surface area contributed by atoms with Gasteiger partial charge >= 0.3 is 5.97 Å². The summed E-state index contributed by atoms with van der Waals surface area (Å²) in [6.07, 6.45) is 0. The van der Waals surface area contributed by atoms with E-state index in [9.17, 15) is 9.00 Å². The Morgan fingerprint density at radius 3 is 2.28 bits per heavy atom. The summed E-state index contributed by atoms with van der Waals surface area (Å²) in [5.41, 5.74) is 1.21. The van der Waals surface area contributed by atoms with E-state index in [0.29, 0.717) is 12.2 Å². The van der Waals surface area contributed by atoms with Crippen molar-refractivity contribution in [2.24, 2.45) is 0 Å². The van der Waals surface area contributed by atoms with Crippen LogP contribution in [0.15, 0.2) is 24.3 Å². The summed E-state index contributed by atoms with van der Waals surface area (Å²) in [5, 5.41) is 0. The van der Waals surface area contributed by atoms with Crippen LogP contribution in [-0.2, 0) is 15.7 Å². The molecule has 0 fully saturated rings. The molecule has 1 N–H and O–H groups in total.